The highest BCUT2D eigenvalue weighted by atomic mass is 35.5. The lowest BCUT2D eigenvalue weighted by Gasteiger charge is -2.24. The molecule has 8 heteroatoms. The Hall–Kier alpha value is -3.94. The number of benzene rings is 3. The number of halogens is 1. The van der Waals surface area contributed by atoms with Crippen LogP contribution in [0.3, 0.4) is 0 Å². The number of anilines is 1. The molecule has 36 heavy (non-hydrogen) atoms. The number of para-hydroxylation sites is 1. The monoisotopic (exact) mass is 514 g/mol. The molecule has 178 valence electrons. The first kappa shape index (κ1) is 22.5. The second-order valence-corrected chi connectivity index (χ2v) is 10.2. The molecule has 0 radical (unpaired) electrons. The number of hydrogen-bond donors (Lipinski definition) is 1. The minimum atomic E-state index is -0.932. The Morgan fingerprint density at radius 1 is 1.08 bits per heavy atom. The quantitative estimate of drug-likeness (QED) is 0.259. The van der Waals surface area contributed by atoms with Crippen LogP contribution >= 0.6 is 22.9 Å². The minimum absolute atomic E-state index is 0.0372. The van der Waals surface area contributed by atoms with Crippen LogP contribution in [0.25, 0.3) is 21.2 Å². The van der Waals surface area contributed by atoms with Crippen LogP contribution in [0.5, 0.6) is 0 Å². The minimum Gasteiger partial charge on any atom is -0.503 e. The summed E-state index contributed by atoms with van der Waals surface area (Å²) >= 11 is 7.62. The van der Waals surface area contributed by atoms with E-state index in [0.717, 1.165) is 26.7 Å². The molecule has 1 N–H and O–H groups in total. The van der Waals surface area contributed by atoms with Crippen molar-refractivity contribution in [2.75, 3.05) is 4.90 Å². The Labute approximate surface area is 215 Å². The van der Waals surface area contributed by atoms with E-state index in [0.29, 0.717) is 21.3 Å². The zero-order valence-corrected chi connectivity index (χ0v) is 20.9. The lowest BCUT2D eigenvalue weighted by atomic mass is 9.95. The van der Waals surface area contributed by atoms with Gasteiger partial charge in [0.25, 0.3) is 5.91 Å². The van der Waals surface area contributed by atoms with E-state index in [1.54, 1.807) is 36.4 Å². The Bertz CT molecular complexity index is 1720. The molecule has 0 bridgehead atoms. The summed E-state index contributed by atoms with van der Waals surface area (Å²) in [5.74, 6) is -1.86. The van der Waals surface area contributed by atoms with E-state index in [4.69, 9.17) is 21.0 Å². The van der Waals surface area contributed by atoms with Crippen LogP contribution < -0.4 is 4.90 Å². The van der Waals surface area contributed by atoms with Crippen molar-refractivity contribution in [1.29, 1.82) is 0 Å². The number of aliphatic hydroxyl groups is 1. The Morgan fingerprint density at radius 2 is 1.89 bits per heavy atom. The highest BCUT2D eigenvalue weighted by Crippen LogP contribution is 2.45. The van der Waals surface area contributed by atoms with Gasteiger partial charge < -0.3 is 9.52 Å². The highest BCUT2D eigenvalue weighted by Gasteiger charge is 2.46. The molecule has 2 aromatic heterocycles. The molecule has 0 saturated heterocycles. The average molecular weight is 515 g/mol. The number of ketones is 1. The molecule has 0 fully saturated rings. The van der Waals surface area contributed by atoms with E-state index in [-0.39, 0.29) is 11.3 Å². The molecule has 1 unspecified atom stereocenters. The normalized spacial score (nSPS) is 16.0. The van der Waals surface area contributed by atoms with Crippen molar-refractivity contribution in [2.24, 2.45) is 0 Å². The Balaban J connectivity index is 1.53. The third kappa shape index (κ3) is 3.51. The van der Waals surface area contributed by atoms with E-state index >= 15 is 0 Å². The predicted molar refractivity (Wildman–Crippen MR) is 141 cm³/mol. The number of Topliss-reactive ketones (excluding diaryl/α,β-unsaturated/α-hetero) is 1. The van der Waals surface area contributed by atoms with Gasteiger partial charge in [0, 0.05) is 10.4 Å². The van der Waals surface area contributed by atoms with Gasteiger partial charge in [0.1, 0.15) is 5.58 Å². The molecule has 1 aliphatic heterocycles. The number of carbonyl (C=O) groups excluding carboxylic acids is 2. The first-order valence-electron chi connectivity index (χ1n) is 11.2. The van der Waals surface area contributed by atoms with Crippen molar-refractivity contribution in [3.63, 3.8) is 0 Å². The standard InChI is InChI=1S/C28H19ClN2O4S/c1-14-10-15(2)23-21(11-14)36-28(30-23)31-24(17-7-5-8-18(29)12-17)22(26(33)27(31)34)25(32)20-13-16-6-3-4-9-19(16)35-20/h3-13,24,33H,1-2H3. The number of nitrogens with zero attached hydrogens (tertiary/aromatic N) is 2. The molecule has 0 saturated carbocycles. The number of carbonyl (C=O) groups is 2. The number of hydrogen-bond acceptors (Lipinski definition) is 6. The summed E-state index contributed by atoms with van der Waals surface area (Å²) in [4.78, 5) is 33.3. The summed E-state index contributed by atoms with van der Waals surface area (Å²) in [6.07, 6.45) is 0. The maximum atomic E-state index is 13.7. The van der Waals surface area contributed by atoms with Gasteiger partial charge in [0.2, 0.25) is 5.78 Å². The van der Waals surface area contributed by atoms with Crippen molar-refractivity contribution in [3.05, 3.63) is 106 Å². The van der Waals surface area contributed by atoms with E-state index in [9.17, 15) is 14.7 Å². The molecule has 0 spiro atoms. The maximum Gasteiger partial charge on any atom is 0.296 e. The van der Waals surface area contributed by atoms with Crippen molar-refractivity contribution in [1.82, 2.24) is 4.98 Å². The van der Waals surface area contributed by atoms with E-state index in [1.807, 2.05) is 44.2 Å². The topological polar surface area (TPSA) is 83.6 Å². The van der Waals surface area contributed by atoms with Crippen molar-refractivity contribution in [3.8, 4) is 0 Å². The van der Waals surface area contributed by atoms with E-state index in [1.165, 1.54) is 16.2 Å². The summed E-state index contributed by atoms with van der Waals surface area (Å²) in [5, 5.41) is 12.6. The molecule has 3 aromatic carbocycles. The summed E-state index contributed by atoms with van der Waals surface area (Å²) in [7, 11) is 0. The molecular weight excluding hydrogens is 496 g/mol. The Kier molecular flexibility index (Phi) is 5.21. The van der Waals surface area contributed by atoms with Gasteiger partial charge in [-0.1, -0.05) is 59.3 Å². The third-order valence-corrected chi connectivity index (χ3v) is 7.53. The van der Waals surface area contributed by atoms with Gasteiger partial charge in [-0.3, -0.25) is 14.5 Å². The molecule has 0 aliphatic carbocycles. The fraction of sp³-hybridized carbons (Fsp3) is 0.107. The lowest BCUT2D eigenvalue weighted by molar-refractivity contribution is -0.117. The summed E-state index contributed by atoms with van der Waals surface area (Å²) in [6, 6.07) is 18.9. The van der Waals surface area contributed by atoms with Crippen LogP contribution in [0, 0.1) is 13.8 Å². The number of furan rings is 1. The molecule has 3 heterocycles. The van der Waals surface area contributed by atoms with Gasteiger partial charge in [0.15, 0.2) is 16.7 Å². The van der Waals surface area contributed by atoms with Crippen LogP contribution in [0.15, 0.2) is 82.5 Å². The lowest BCUT2D eigenvalue weighted by Crippen LogP contribution is -2.31. The number of aliphatic hydroxyl groups excluding tert-OH is 1. The molecule has 1 atom stereocenters. The van der Waals surface area contributed by atoms with E-state index in [2.05, 4.69) is 0 Å². The van der Waals surface area contributed by atoms with Gasteiger partial charge in [-0.15, -0.1) is 0 Å². The first-order valence-corrected chi connectivity index (χ1v) is 12.4. The predicted octanol–water partition coefficient (Wildman–Crippen LogP) is 7.10. The molecule has 1 amide bonds. The zero-order valence-electron chi connectivity index (χ0n) is 19.3. The number of rotatable bonds is 4. The number of aryl methyl sites for hydroxylation is 2. The van der Waals surface area contributed by atoms with Crippen molar-refractivity contribution >= 4 is 60.9 Å². The van der Waals surface area contributed by atoms with Crippen molar-refractivity contribution < 1.29 is 19.1 Å². The second-order valence-electron chi connectivity index (χ2n) is 8.80. The van der Waals surface area contributed by atoms with Crippen LogP contribution in [-0.2, 0) is 4.79 Å². The van der Waals surface area contributed by atoms with Gasteiger partial charge in [-0.25, -0.2) is 4.98 Å². The summed E-state index contributed by atoms with van der Waals surface area (Å²) < 4.78 is 6.70. The summed E-state index contributed by atoms with van der Waals surface area (Å²) in [5.41, 5.74) is 3.87. The largest absolute Gasteiger partial charge is 0.503 e. The number of aromatic nitrogens is 1. The molecule has 6 nitrogen and oxygen atoms in total. The van der Waals surface area contributed by atoms with Gasteiger partial charge in [0.05, 0.1) is 21.8 Å². The molecule has 1 aliphatic rings. The number of fused-ring (bicyclic) bond motifs is 2. The second kappa shape index (κ2) is 8.33. The molecule has 6 rings (SSSR count). The van der Waals surface area contributed by atoms with Crippen LogP contribution in [0.1, 0.15) is 33.3 Å². The fourth-order valence-electron chi connectivity index (χ4n) is 4.72. The van der Waals surface area contributed by atoms with Gasteiger partial charge in [-0.2, -0.15) is 0 Å². The maximum absolute atomic E-state index is 13.7. The SMILES string of the molecule is Cc1cc(C)c2nc(N3C(=O)C(O)=C(C(=O)c4cc5ccccc5o4)C3c3cccc(Cl)c3)sc2c1. The smallest absolute Gasteiger partial charge is 0.296 e. The van der Waals surface area contributed by atoms with Gasteiger partial charge in [-0.05, 0) is 60.9 Å². The van der Waals surface area contributed by atoms with Gasteiger partial charge >= 0.3 is 0 Å². The number of amides is 1. The Morgan fingerprint density at radius 3 is 2.67 bits per heavy atom. The van der Waals surface area contributed by atoms with E-state index < -0.39 is 23.5 Å². The molecular formula is C28H19ClN2O4S. The van der Waals surface area contributed by atoms with Crippen LogP contribution in [-0.4, -0.2) is 21.8 Å². The fourth-order valence-corrected chi connectivity index (χ4v) is 6.08. The average Bonchev–Trinajstić information content (AvgIpc) is 3.53. The zero-order chi connectivity index (χ0) is 25.1. The summed E-state index contributed by atoms with van der Waals surface area (Å²) in [6.45, 7) is 3.96. The van der Waals surface area contributed by atoms with Crippen LogP contribution in [0.4, 0.5) is 5.13 Å². The number of thiazole rings is 1. The highest BCUT2D eigenvalue weighted by molar-refractivity contribution is 7.22. The molecule has 5 aromatic rings. The van der Waals surface area contributed by atoms with Crippen LogP contribution in [0.2, 0.25) is 5.02 Å². The first-order chi connectivity index (χ1) is 17.3. The third-order valence-electron chi connectivity index (χ3n) is 6.29. The van der Waals surface area contributed by atoms with Crippen molar-refractivity contribution in [2.45, 2.75) is 19.9 Å².